The van der Waals surface area contributed by atoms with E-state index in [1.54, 1.807) is 0 Å². The number of hydrogen-bond donors (Lipinski definition) is 2. The molecule has 1 aromatic carbocycles. The average molecular weight is 361 g/mol. The SMILES string of the molecule is CC(C)(C)OC(=O)Nc1cc(N2CCC(N3CCCC3)CC2)ccc1N. The Hall–Kier alpha value is -1.95. The van der Waals surface area contributed by atoms with Crippen molar-refractivity contribution >= 4 is 23.2 Å². The highest BCUT2D eigenvalue weighted by atomic mass is 16.6. The van der Waals surface area contributed by atoms with E-state index >= 15 is 0 Å². The molecule has 0 aromatic heterocycles. The largest absolute Gasteiger partial charge is 0.444 e. The molecule has 0 atom stereocenters. The Morgan fingerprint density at radius 2 is 1.81 bits per heavy atom. The zero-order valence-corrected chi connectivity index (χ0v) is 16.3. The maximum Gasteiger partial charge on any atom is 0.412 e. The first-order chi connectivity index (χ1) is 12.3. The van der Waals surface area contributed by atoms with E-state index in [9.17, 15) is 4.79 Å². The van der Waals surface area contributed by atoms with Gasteiger partial charge in [0.05, 0.1) is 11.4 Å². The predicted octanol–water partition coefficient (Wildman–Crippen LogP) is 3.68. The molecule has 2 fully saturated rings. The van der Waals surface area contributed by atoms with Crippen LogP contribution in [-0.4, -0.2) is 48.8 Å². The van der Waals surface area contributed by atoms with Gasteiger partial charge in [0.1, 0.15) is 5.60 Å². The number of nitrogens with zero attached hydrogens (tertiary/aromatic N) is 2. The second kappa shape index (κ2) is 7.74. The Morgan fingerprint density at radius 1 is 1.15 bits per heavy atom. The van der Waals surface area contributed by atoms with Crippen LogP contribution in [0.15, 0.2) is 18.2 Å². The number of likely N-dealkylation sites (tertiary alicyclic amines) is 1. The second-order valence-corrected chi connectivity index (χ2v) is 8.36. The van der Waals surface area contributed by atoms with Crippen LogP contribution in [-0.2, 0) is 4.74 Å². The molecule has 2 aliphatic heterocycles. The molecule has 0 aliphatic carbocycles. The highest BCUT2D eigenvalue weighted by Crippen LogP contribution is 2.29. The molecule has 0 radical (unpaired) electrons. The number of rotatable bonds is 3. The first-order valence-electron chi connectivity index (χ1n) is 9.70. The standard InChI is InChI=1S/C20H32N4O2/c1-20(2,3)26-19(25)22-18-14-16(6-7-17(18)21)24-12-8-15(9-13-24)23-10-4-5-11-23/h6-7,14-15H,4-5,8-13,21H2,1-3H3,(H,22,25). The molecule has 1 aromatic rings. The lowest BCUT2D eigenvalue weighted by molar-refractivity contribution is 0.0636. The number of carbonyl (C=O) groups is 1. The van der Waals surface area contributed by atoms with Gasteiger partial charge >= 0.3 is 6.09 Å². The summed E-state index contributed by atoms with van der Waals surface area (Å²) in [6.07, 6.45) is 4.60. The van der Waals surface area contributed by atoms with Gasteiger partial charge in [0.15, 0.2) is 0 Å². The van der Waals surface area contributed by atoms with Gasteiger partial charge in [-0.05, 0) is 77.7 Å². The van der Waals surface area contributed by atoms with Gasteiger partial charge in [-0.2, -0.15) is 0 Å². The summed E-state index contributed by atoms with van der Waals surface area (Å²) in [4.78, 5) is 17.1. The highest BCUT2D eigenvalue weighted by Gasteiger charge is 2.26. The summed E-state index contributed by atoms with van der Waals surface area (Å²) in [6, 6.07) is 6.57. The van der Waals surface area contributed by atoms with E-state index in [4.69, 9.17) is 10.5 Å². The highest BCUT2D eigenvalue weighted by molar-refractivity contribution is 5.90. The van der Waals surface area contributed by atoms with Crippen LogP contribution in [0.4, 0.5) is 21.9 Å². The summed E-state index contributed by atoms with van der Waals surface area (Å²) in [5, 5.41) is 2.78. The number of anilines is 3. The van der Waals surface area contributed by atoms with E-state index < -0.39 is 11.7 Å². The van der Waals surface area contributed by atoms with Crippen molar-refractivity contribution in [3.63, 3.8) is 0 Å². The molecule has 2 aliphatic rings. The minimum atomic E-state index is -0.534. The maximum atomic E-state index is 12.0. The fourth-order valence-electron chi connectivity index (χ4n) is 3.86. The van der Waals surface area contributed by atoms with Crippen LogP contribution in [0.3, 0.4) is 0 Å². The lowest BCUT2D eigenvalue weighted by Crippen LogP contribution is -2.43. The number of ether oxygens (including phenoxy) is 1. The zero-order chi connectivity index (χ0) is 18.7. The summed E-state index contributed by atoms with van der Waals surface area (Å²) in [6.45, 7) is 10.1. The second-order valence-electron chi connectivity index (χ2n) is 8.36. The molecule has 1 amide bonds. The number of nitrogen functional groups attached to an aromatic ring is 1. The fourth-order valence-corrected chi connectivity index (χ4v) is 3.86. The topological polar surface area (TPSA) is 70.8 Å². The molecule has 2 saturated heterocycles. The monoisotopic (exact) mass is 360 g/mol. The van der Waals surface area contributed by atoms with Crippen molar-refractivity contribution in [1.82, 2.24) is 4.90 Å². The summed E-state index contributed by atoms with van der Waals surface area (Å²) in [5.41, 5.74) is 7.77. The predicted molar refractivity (Wildman–Crippen MR) is 107 cm³/mol. The summed E-state index contributed by atoms with van der Waals surface area (Å²) < 4.78 is 5.33. The molecule has 0 saturated carbocycles. The van der Waals surface area contributed by atoms with Gasteiger partial charge in [0.2, 0.25) is 0 Å². The number of benzene rings is 1. The van der Waals surface area contributed by atoms with Crippen LogP contribution < -0.4 is 16.0 Å². The lowest BCUT2D eigenvalue weighted by Gasteiger charge is -2.38. The normalized spacial score (nSPS) is 19.6. The smallest absolute Gasteiger partial charge is 0.412 e. The Bertz CT molecular complexity index is 627. The van der Waals surface area contributed by atoms with Crippen molar-refractivity contribution in [3.05, 3.63) is 18.2 Å². The molecule has 2 heterocycles. The minimum absolute atomic E-state index is 0.478. The van der Waals surface area contributed by atoms with Crippen molar-refractivity contribution < 1.29 is 9.53 Å². The first kappa shape index (κ1) is 18.8. The molecule has 3 N–H and O–H groups in total. The Kier molecular flexibility index (Phi) is 5.61. The minimum Gasteiger partial charge on any atom is -0.444 e. The van der Waals surface area contributed by atoms with Crippen LogP contribution in [0.5, 0.6) is 0 Å². The quantitative estimate of drug-likeness (QED) is 0.805. The summed E-state index contributed by atoms with van der Waals surface area (Å²) in [5.74, 6) is 0. The number of hydrogen-bond acceptors (Lipinski definition) is 5. The van der Waals surface area contributed by atoms with Gasteiger partial charge < -0.3 is 20.3 Å². The lowest BCUT2D eigenvalue weighted by atomic mass is 10.0. The number of amides is 1. The Morgan fingerprint density at radius 3 is 2.42 bits per heavy atom. The molecule has 0 unspecified atom stereocenters. The Balaban J connectivity index is 1.61. The third-order valence-electron chi connectivity index (χ3n) is 5.16. The van der Waals surface area contributed by atoms with Crippen molar-refractivity contribution in [2.45, 2.75) is 58.1 Å². The van der Waals surface area contributed by atoms with E-state index in [1.165, 1.54) is 38.8 Å². The van der Waals surface area contributed by atoms with Gasteiger partial charge in [-0.1, -0.05) is 0 Å². The van der Waals surface area contributed by atoms with Crippen molar-refractivity contribution in [1.29, 1.82) is 0 Å². The third kappa shape index (κ3) is 4.81. The van der Waals surface area contributed by atoms with Crippen LogP contribution in [0.25, 0.3) is 0 Å². The van der Waals surface area contributed by atoms with E-state index in [0.29, 0.717) is 11.4 Å². The van der Waals surface area contributed by atoms with Crippen molar-refractivity contribution in [3.8, 4) is 0 Å². The molecule has 26 heavy (non-hydrogen) atoms. The molecule has 6 heteroatoms. The Labute approximate surface area is 156 Å². The summed E-state index contributed by atoms with van der Waals surface area (Å²) in [7, 11) is 0. The van der Waals surface area contributed by atoms with E-state index in [-0.39, 0.29) is 0 Å². The zero-order valence-electron chi connectivity index (χ0n) is 16.3. The van der Waals surface area contributed by atoms with Gasteiger partial charge in [-0.3, -0.25) is 5.32 Å². The fraction of sp³-hybridized carbons (Fsp3) is 0.650. The van der Waals surface area contributed by atoms with Crippen molar-refractivity contribution in [2.24, 2.45) is 0 Å². The molecule has 0 spiro atoms. The molecule has 0 bridgehead atoms. The van der Waals surface area contributed by atoms with E-state index in [0.717, 1.165) is 24.8 Å². The molecule has 6 nitrogen and oxygen atoms in total. The maximum absolute atomic E-state index is 12.0. The van der Waals surface area contributed by atoms with Crippen LogP contribution in [0.1, 0.15) is 46.5 Å². The number of piperidine rings is 1. The molecule has 3 rings (SSSR count). The average Bonchev–Trinajstić information content (AvgIpc) is 3.10. The molecular formula is C20H32N4O2. The third-order valence-corrected chi connectivity index (χ3v) is 5.16. The van der Waals surface area contributed by atoms with E-state index in [2.05, 4.69) is 15.1 Å². The number of carbonyl (C=O) groups excluding carboxylic acids is 1. The molecule has 144 valence electrons. The van der Waals surface area contributed by atoms with E-state index in [1.807, 2.05) is 39.0 Å². The number of nitrogens with one attached hydrogen (secondary N) is 1. The van der Waals surface area contributed by atoms with Crippen LogP contribution in [0, 0.1) is 0 Å². The van der Waals surface area contributed by atoms with Gasteiger partial charge in [0.25, 0.3) is 0 Å². The molecular weight excluding hydrogens is 328 g/mol. The van der Waals surface area contributed by atoms with Crippen molar-refractivity contribution in [2.75, 3.05) is 42.1 Å². The first-order valence-corrected chi connectivity index (χ1v) is 9.70. The van der Waals surface area contributed by atoms with Gasteiger partial charge in [0, 0.05) is 24.8 Å². The van der Waals surface area contributed by atoms with Gasteiger partial charge in [-0.15, -0.1) is 0 Å². The van der Waals surface area contributed by atoms with Crippen LogP contribution in [0.2, 0.25) is 0 Å². The van der Waals surface area contributed by atoms with Crippen LogP contribution >= 0.6 is 0 Å². The summed E-state index contributed by atoms with van der Waals surface area (Å²) >= 11 is 0. The number of nitrogens with two attached hydrogens (primary N) is 1. The van der Waals surface area contributed by atoms with Gasteiger partial charge in [-0.25, -0.2) is 4.79 Å².